The molecule has 1 unspecified atom stereocenters. The van der Waals surface area contributed by atoms with Gasteiger partial charge in [0.1, 0.15) is 6.04 Å². The van der Waals surface area contributed by atoms with E-state index < -0.39 is 16.9 Å². The summed E-state index contributed by atoms with van der Waals surface area (Å²) >= 11 is 9.78. The van der Waals surface area contributed by atoms with E-state index in [-0.39, 0.29) is 29.2 Å². The predicted molar refractivity (Wildman–Crippen MR) is 63.9 cm³/mol. The first kappa shape index (κ1) is 14.7. The molecule has 8 heteroatoms. The van der Waals surface area contributed by atoms with Crippen LogP contribution in [-0.2, 0) is 13.0 Å². The number of halogens is 6. The number of rotatable bonds is 3. The van der Waals surface area contributed by atoms with E-state index in [2.05, 4.69) is 0 Å². The van der Waals surface area contributed by atoms with Gasteiger partial charge in [-0.05, 0) is 40.4 Å². The molecule has 0 aliphatic carbocycles. The van der Waals surface area contributed by atoms with Gasteiger partial charge in [0.05, 0.1) is 6.61 Å². The molecule has 1 atom stereocenters. The van der Waals surface area contributed by atoms with Gasteiger partial charge in [-0.2, -0.15) is 17.6 Å². The normalized spacial score (nSPS) is 19.7. The van der Waals surface area contributed by atoms with Crippen LogP contribution in [0.4, 0.5) is 23.2 Å². The van der Waals surface area contributed by atoms with Crippen molar-refractivity contribution in [3.8, 4) is 0 Å². The van der Waals surface area contributed by atoms with Crippen molar-refractivity contribution in [2.24, 2.45) is 0 Å². The zero-order valence-corrected chi connectivity index (χ0v) is 10.9. The van der Waals surface area contributed by atoms with Crippen LogP contribution in [0.1, 0.15) is 11.1 Å². The molecule has 1 aliphatic heterocycles. The second-order valence-corrected chi connectivity index (χ2v) is 5.18. The van der Waals surface area contributed by atoms with Crippen molar-refractivity contribution in [3.63, 3.8) is 0 Å². The van der Waals surface area contributed by atoms with E-state index in [0.29, 0.717) is 5.56 Å². The summed E-state index contributed by atoms with van der Waals surface area (Å²) in [6.45, 7) is -0.313. The second-order valence-electron chi connectivity index (χ2n) is 4.22. The molecular formula is C11H9Cl2F4NO. The van der Waals surface area contributed by atoms with Gasteiger partial charge in [0, 0.05) is 12.1 Å². The number of anilines is 1. The van der Waals surface area contributed by atoms with Gasteiger partial charge in [0.15, 0.2) is 0 Å². The monoisotopic (exact) mass is 317 g/mol. The largest absolute Gasteiger partial charge is 0.407 e. The summed E-state index contributed by atoms with van der Waals surface area (Å²) in [5, 5.41) is 5.11. The van der Waals surface area contributed by atoms with Crippen LogP contribution in [0.25, 0.3) is 0 Å². The molecule has 0 amide bonds. The molecule has 1 aromatic carbocycles. The Morgan fingerprint density at radius 1 is 1.26 bits per heavy atom. The van der Waals surface area contributed by atoms with E-state index >= 15 is 0 Å². The molecule has 1 aliphatic rings. The Kier molecular flexibility index (Phi) is 3.62. The van der Waals surface area contributed by atoms with E-state index in [1.807, 2.05) is 0 Å². The summed E-state index contributed by atoms with van der Waals surface area (Å²) in [5.74, 6) is 0. The summed E-state index contributed by atoms with van der Waals surface area (Å²) in [6.07, 6.45) is -0.373. The van der Waals surface area contributed by atoms with Crippen LogP contribution in [0, 0.1) is 0 Å². The Labute approximate surface area is 116 Å². The van der Waals surface area contributed by atoms with E-state index in [4.69, 9.17) is 28.3 Å². The first-order valence-electron chi connectivity index (χ1n) is 5.30. The average molecular weight is 318 g/mol. The topological polar surface area (TPSA) is 23.5 Å². The Hall–Kier alpha value is -0.720. The van der Waals surface area contributed by atoms with Crippen LogP contribution in [-0.4, -0.2) is 22.0 Å². The number of hydrogen-bond donors (Lipinski definition) is 1. The minimum Gasteiger partial charge on any atom is -0.392 e. The first-order chi connectivity index (χ1) is 8.64. The SMILES string of the molecule is OCc1ccc2c(c1)CC(C(F)(F)Cl)N2C(F)(F)Cl. The van der Waals surface area contributed by atoms with Crippen LogP contribution < -0.4 is 4.90 Å². The van der Waals surface area contributed by atoms with Gasteiger partial charge < -0.3 is 5.11 Å². The number of hydrogen-bond acceptors (Lipinski definition) is 2. The standard InChI is InChI=1S/C11H9Cl2F4NO/c12-10(14,15)9-4-7-3-6(5-19)1-2-8(7)18(9)11(13,16)17/h1-3,9,19H,4-5H2. The molecule has 0 saturated heterocycles. The van der Waals surface area contributed by atoms with E-state index in [1.165, 1.54) is 18.2 Å². The molecule has 0 fully saturated rings. The number of aliphatic hydroxyl groups is 1. The van der Waals surface area contributed by atoms with E-state index in [0.717, 1.165) is 0 Å². The predicted octanol–water partition coefficient (Wildman–Crippen LogP) is 3.53. The van der Waals surface area contributed by atoms with Crippen molar-refractivity contribution in [1.29, 1.82) is 0 Å². The van der Waals surface area contributed by atoms with Crippen LogP contribution in [0.2, 0.25) is 0 Å². The van der Waals surface area contributed by atoms with E-state index in [9.17, 15) is 17.6 Å². The Bertz CT molecular complexity index is 487. The third-order valence-electron chi connectivity index (χ3n) is 2.96. The maximum atomic E-state index is 13.3. The van der Waals surface area contributed by atoms with Crippen LogP contribution >= 0.6 is 23.2 Å². The van der Waals surface area contributed by atoms with Crippen LogP contribution in [0.5, 0.6) is 0 Å². The highest BCUT2D eigenvalue weighted by Gasteiger charge is 2.54. The van der Waals surface area contributed by atoms with Gasteiger partial charge in [-0.15, -0.1) is 0 Å². The molecule has 1 N–H and O–H groups in total. The van der Waals surface area contributed by atoms with Crippen molar-refractivity contribution in [1.82, 2.24) is 0 Å². The van der Waals surface area contributed by atoms with Gasteiger partial charge in [-0.25, -0.2) is 0 Å². The highest BCUT2D eigenvalue weighted by atomic mass is 35.5. The number of benzene rings is 1. The molecule has 2 nitrogen and oxygen atoms in total. The highest BCUT2D eigenvalue weighted by molar-refractivity contribution is 6.24. The molecule has 2 rings (SSSR count). The lowest BCUT2D eigenvalue weighted by Gasteiger charge is -2.32. The number of nitrogens with zero attached hydrogens (tertiary/aromatic N) is 1. The summed E-state index contributed by atoms with van der Waals surface area (Å²) in [5.41, 5.74) is -3.40. The lowest BCUT2D eigenvalue weighted by Crippen LogP contribution is -2.50. The highest BCUT2D eigenvalue weighted by Crippen LogP contribution is 2.46. The zero-order chi connectivity index (χ0) is 14.4. The fraction of sp³-hybridized carbons (Fsp3) is 0.455. The average Bonchev–Trinajstić information content (AvgIpc) is 2.66. The minimum atomic E-state index is -3.98. The number of fused-ring (bicyclic) bond motifs is 1. The molecule has 1 aromatic rings. The number of alkyl halides is 6. The molecule has 0 aromatic heterocycles. The molecular weight excluding hydrogens is 309 g/mol. The van der Waals surface area contributed by atoms with Gasteiger partial charge in [0.2, 0.25) is 0 Å². The minimum absolute atomic E-state index is 0.109. The van der Waals surface area contributed by atoms with Crippen LogP contribution in [0.3, 0.4) is 0 Å². The Balaban J connectivity index is 2.49. The fourth-order valence-electron chi connectivity index (χ4n) is 2.18. The summed E-state index contributed by atoms with van der Waals surface area (Å²) < 4.78 is 53.1. The lowest BCUT2D eigenvalue weighted by atomic mass is 10.1. The molecule has 106 valence electrons. The Morgan fingerprint density at radius 3 is 2.37 bits per heavy atom. The zero-order valence-electron chi connectivity index (χ0n) is 9.39. The first-order valence-corrected chi connectivity index (χ1v) is 6.05. The smallest absolute Gasteiger partial charge is 0.392 e. The van der Waals surface area contributed by atoms with Gasteiger partial charge in [0.25, 0.3) is 0 Å². The third-order valence-corrected chi connectivity index (χ3v) is 3.40. The molecule has 19 heavy (non-hydrogen) atoms. The quantitative estimate of drug-likeness (QED) is 0.524. The maximum absolute atomic E-state index is 13.3. The van der Waals surface area contributed by atoms with Crippen molar-refractivity contribution >= 4 is 28.9 Å². The fourth-order valence-corrected chi connectivity index (χ4v) is 2.56. The van der Waals surface area contributed by atoms with Gasteiger partial charge in [-0.3, -0.25) is 4.90 Å². The van der Waals surface area contributed by atoms with Crippen molar-refractivity contribution in [2.45, 2.75) is 30.0 Å². The second kappa shape index (κ2) is 4.68. The van der Waals surface area contributed by atoms with Crippen molar-refractivity contribution in [2.75, 3.05) is 4.90 Å². The van der Waals surface area contributed by atoms with Crippen molar-refractivity contribution in [3.05, 3.63) is 29.3 Å². The van der Waals surface area contributed by atoms with Gasteiger partial charge in [-0.1, -0.05) is 12.1 Å². The Morgan fingerprint density at radius 2 is 1.89 bits per heavy atom. The van der Waals surface area contributed by atoms with Crippen LogP contribution in [0.15, 0.2) is 18.2 Å². The molecule has 0 saturated carbocycles. The summed E-state index contributed by atoms with van der Waals surface area (Å²) in [4.78, 5) is 0.109. The van der Waals surface area contributed by atoms with E-state index in [1.54, 1.807) is 0 Å². The summed E-state index contributed by atoms with van der Waals surface area (Å²) in [7, 11) is 0. The maximum Gasteiger partial charge on any atom is 0.407 e. The molecule has 0 radical (unpaired) electrons. The molecule has 0 bridgehead atoms. The number of aliphatic hydroxyl groups excluding tert-OH is 1. The molecule has 1 heterocycles. The van der Waals surface area contributed by atoms with Crippen molar-refractivity contribution < 1.29 is 22.7 Å². The van der Waals surface area contributed by atoms with Gasteiger partial charge >= 0.3 is 10.9 Å². The molecule has 0 spiro atoms. The summed E-state index contributed by atoms with van der Waals surface area (Å²) in [6, 6.07) is 2.03. The lowest BCUT2D eigenvalue weighted by molar-refractivity contribution is 0.0178. The third kappa shape index (κ3) is 2.75.